The van der Waals surface area contributed by atoms with E-state index >= 15 is 0 Å². The zero-order valence-corrected chi connectivity index (χ0v) is 13.4. The second-order valence-corrected chi connectivity index (χ2v) is 8.20. The first kappa shape index (κ1) is 15.8. The summed E-state index contributed by atoms with van der Waals surface area (Å²) in [4.78, 5) is 14.5. The molecular formula is C14H25NO4S. The van der Waals surface area contributed by atoms with Crippen molar-refractivity contribution < 1.29 is 17.4 Å². The third-order valence-electron chi connectivity index (χ3n) is 4.75. The van der Waals surface area contributed by atoms with E-state index in [2.05, 4.69) is 13.8 Å². The summed E-state index contributed by atoms with van der Waals surface area (Å²) >= 11 is 0. The fourth-order valence-corrected chi connectivity index (χ4v) is 3.86. The minimum absolute atomic E-state index is 0.175. The van der Waals surface area contributed by atoms with Crippen LogP contribution in [-0.4, -0.2) is 44.7 Å². The second kappa shape index (κ2) is 5.64. The van der Waals surface area contributed by atoms with Crippen LogP contribution in [0.2, 0.25) is 0 Å². The summed E-state index contributed by atoms with van der Waals surface area (Å²) in [6.07, 6.45) is 5.53. The Labute approximate surface area is 121 Å². The minimum atomic E-state index is -3.36. The first-order valence-electron chi connectivity index (χ1n) is 7.39. The lowest BCUT2D eigenvalue weighted by molar-refractivity contribution is -0.139. The topological polar surface area (TPSA) is 63.7 Å². The van der Waals surface area contributed by atoms with E-state index in [0.717, 1.165) is 44.9 Å². The van der Waals surface area contributed by atoms with E-state index in [4.69, 9.17) is 4.18 Å². The minimum Gasteiger partial charge on any atom is -0.340 e. The largest absolute Gasteiger partial charge is 0.340 e. The van der Waals surface area contributed by atoms with Crippen molar-refractivity contribution in [3.8, 4) is 0 Å². The monoisotopic (exact) mass is 303 g/mol. The maximum Gasteiger partial charge on any atom is 0.264 e. The summed E-state index contributed by atoms with van der Waals surface area (Å²) < 4.78 is 26.9. The highest BCUT2D eigenvalue weighted by Gasteiger charge is 2.48. The Bertz CT molecular complexity index is 464. The van der Waals surface area contributed by atoms with Crippen molar-refractivity contribution in [3.05, 3.63) is 0 Å². The van der Waals surface area contributed by atoms with Gasteiger partial charge in [-0.25, -0.2) is 0 Å². The van der Waals surface area contributed by atoms with Crippen LogP contribution in [0.25, 0.3) is 0 Å². The molecule has 0 N–H and O–H groups in total. The van der Waals surface area contributed by atoms with Gasteiger partial charge in [0.05, 0.1) is 18.3 Å². The maximum absolute atomic E-state index is 12.5. The first-order chi connectivity index (χ1) is 9.23. The third-order valence-corrected chi connectivity index (χ3v) is 5.31. The van der Waals surface area contributed by atoms with E-state index in [-0.39, 0.29) is 24.0 Å². The Morgan fingerprint density at radius 2 is 1.90 bits per heavy atom. The molecule has 2 rings (SSSR count). The molecule has 0 atom stereocenters. The van der Waals surface area contributed by atoms with E-state index in [9.17, 15) is 13.2 Å². The average molecular weight is 303 g/mol. The normalized spacial score (nSPS) is 31.5. The van der Waals surface area contributed by atoms with E-state index in [1.165, 1.54) is 0 Å². The van der Waals surface area contributed by atoms with Gasteiger partial charge in [-0.2, -0.15) is 8.42 Å². The molecule has 1 amide bonds. The van der Waals surface area contributed by atoms with Crippen LogP contribution in [0.4, 0.5) is 0 Å². The molecular weight excluding hydrogens is 278 g/mol. The predicted molar refractivity (Wildman–Crippen MR) is 76.7 cm³/mol. The fourth-order valence-electron chi connectivity index (χ4n) is 3.42. The van der Waals surface area contributed by atoms with Crippen molar-refractivity contribution in [3.63, 3.8) is 0 Å². The van der Waals surface area contributed by atoms with Gasteiger partial charge in [0, 0.05) is 12.6 Å². The molecule has 1 saturated heterocycles. The van der Waals surface area contributed by atoms with Crippen molar-refractivity contribution in [1.29, 1.82) is 0 Å². The number of carbonyl (C=O) groups is 1. The van der Waals surface area contributed by atoms with Gasteiger partial charge in [0.15, 0.2) is 0 Å². The fraction of sp³-hybridized carbons (Fsp3) is 0.929. The summed E-state index contributed by atoms with van der Waals surface area (Å²) in [5, 5.41) is 0. The van der Waals surface area contributed by atoms with Gasteiger partial charge in [-0.1, -0.05) is 0 Å². The lowest BCUT2D eigenvalue weighted by Gasteiger charge is -2.36. The summed E-state index contributed by atoms with van der Waals surface area (Å²) in [6, 6.07) is 0.271. The predicted octanol–water partition coefficient (Wildman–Crippen LogP) is 1.78. The highest BCUT2D eigenvalue weighted by molar-refractivity contribution is 7.85. The summed E-state index contributed by atoms with van der Waals surface area (Å²) in [5.41, 5.74) is -0.175. The molecule has 0 bridgehead atoms. The summed E-state index contributed by atoms with van der Waals surface area (Å²) in [7, 11) is -3.36. The molecule has 116 valence electrons. The van der Waals surface area contributed by atoms with Crippen LogP contribution < -0.4 is 0 Å². The van der Waals surface area contributed by atoms with Crippen LogP contribution in [0.5, 0.6) is 0 Å². The van der Waals surface area contributed by atoms with E-state index in [0.29, 0.717) is 5.91 Å². The molecule has 2 fully saturated rings. The molecule has 1 saturated carbocycles. The standard InChI is InChI=1S/C14H25NO4S/c1-11(2)15-9-8-14(13(15)16)6-4-12(5-7-14)10-19-20(3,17)18/h11-12H,4-10H2,1-3H3. The zero-order valence-electron chi connectivity index (χ0n) is 12.6. The quantitative estimate of drug-likeness (QED) is 0.743. The van der Waals surface area contributed by atoms with Crippen LogP contribution in [-0.2, 0) is 19.1 Å². The van der Waals surface area contributed by atoms with Crippen LogP contribution in [0.1, 0.15) is 46.0 Å². The Hall–Kier alpha value is -0.620. The molecule has 0 aromatic carbocycles. The molecule has 1 spiro atoms. The van der Waals surface area contributed by atoms with Crippen molar-refractivity contribution in [2.24, 2.45) is 11.3 Å². The van der Waals surface area contributed by atoms with Gasteiger partial charge in [-0.15, -0.1) is 0 Å². The number of likely N-dealkylation sites (tertiary alicyclic amines) is 1. The Morgan fingerprint density at radius 3 is 2.35 bits per heavy atom. The first-order valence-corrected chi connectivity index (χ1v) is 9.21. The van der Waals surface area contributed by atoms with Crippen LogP contribution >= 0.6 is 0 Å². The average Bonchev–Trinajstić information content (AvgIpc) is 2.66. The van der Waals surface area contributed by atoms with E-state index in [1.54, 1.807) is 0 Å². The van der Waals surface area contributed by atoms with Gasteiger partial charge < -0.3 is 4.90 Å². The third kappa shape index (κ3) is 3.34. The van der Waals surface area contributed by atoms with Crippen LogP contribution in [0, 0.1) is 11.3 Å². The molecule has 5 nitrogen and oxygen atoms in total. The van der Waals surface area contributed by atoms with Gasteiger partial charge in [0.25, 0.3) is 10.1 Å². The van der Waals surface area contributed by atoms with Crippen molar-refractivity contribution in [2.45, 2.75) is 52.0 Å². The van der Waals surface area contributed by atoms with Gasteiger partial charge in [0.2, 0.25) is 5.91 Å². The summed E-state index contributed by atoms with van der Waals surface area (Å²) in [5.74, 6) is 0.561. The molecule has 1 aliphatic heterocycles. The smallest absolute Gasteiger partial charge is 0.264 e. The zero-order chi connectivity index (χ0) is 15.0. The van der Waals surface area contributed by atoms with Gasteiger partial charge >= 0.3 is 0 Å². The van der Waals surface area contributed by atoms with Crippen LogP contribution in [0.15, 0.2) is 0 Å². The summed E-state index contributed by atoms with van der Waals surface area (Å²) in [6.45, 7) is 5.24. The number of hydrogen-bond donors (Lipinski definition) is 0. The molecule has 6 heteroatoms. The van der Waals surface area contributed by atoms with E-state index < -0.39 is 10.1 Å². The van der Waals surface area contributed by atoms with Crippen molar-refractivity contribution in [2.75, 3.05) is 19.4 Å². The highest BCUT2D eigenvalue weighted by Crippen LogP contribution is 2.46. The van der Waals surface area contributed by atoms with Crippen molar-refractivity contribution >= 4 is 16.0 Å². The molecule has 20 heavy (non-hydrogen) atoms. The Balaban J connectivity index is 1.90. The molecule has 1 heterocycles. The lowest BCUT2D eigenvalue weighted by atomic mass is 9.69. The molecule has 2 aliphatic rings. The number of carbonyl (C=O) groups excluding carboxylic acids is 1. The molecule has 0 radical (unpaired) electrons. The van der Waals surface area contributed by atoms with Crippen molar-refractivity contribution in [1.82, 2.24) is 4.90 Å². The Morgan fingerprint density at radius 1 is 1.30 bits per heavy atom. The van der Waals surface area contributed by atoms with Gasteiger partial charge in [0.1, 0.15) is 0 Å². The number of hydrogen-bond acceptors (Lipinski definition) is 4. The van der Waals surface area contributed by atoms with Gasteiger partial charge in [-0.3, -0.25) is 8.98 Å². The maximum atomic E-state index is 12.5. The SMILES string of the molecule is CC(C)N1CCC2(CCC(COS(C)(=O)=O)CC2)C1=O. The highest BCUT2D eigenvalue weighted by atomic mass is 32.2. The molecule has 0 unspecified atom stereocenters. The Kier molecular flexibility index (Phi) is 4.44. The van der Waals surface area contributed by atoms with Crippen LogP contribution in [0.3, 0.4) is 0 Å². The number of rotatable bonds is 4. The molecule has 0 aromatic rings. The molecule has 1 aliphatic carbocycles. The number of amides is 1. The lowest BCUT2D eigenvalue weighted by Crippen LogP contribution is -2.40. The second-order valence-electron chi connectivity index (χ2n) is 6.55. The van der Waals surface area contributed by atoms with Gasteiger partial charge in [-0.05, 0) is 51.9 Å². The molecule has 0 aromatic heterocycles. The van der Waals surface area contributed by atoms with E-state index in [1.807, 2.05) is 4.90 Å². The number of nitrogens with zero attached hydrogens (tertiary/aromatic N) is 1.